The Morgan fingerprint density at radius 1 is 1.27 bits per heavy atom. The minimum absolute atomic E-state index is 0.368. The summed E-state index contributed by atoms with van der Waals surface area (Å²) in [4.78, 5) is 10.2. The Morgan fingerprint density at radius 2 is 2.07 bits per heavy atom. The Kier molecular flexibility index (Phi) is 2.49. The standard InChI is InChI=1S/C11H9F2NO/c12-7-1-2-8(10(13)5-7)9-3-4-11(9)14-6-15/h1-2,5-6H,3-4H2,(H,14,15). The first kappa shape index (κ1) is 9.83. The molecule has 0 bridgehead atoms. The lowest BCUT2D eigenvalue weighted by Crippen LogP contribution is -2.19. The smallest absolute Gasteiger partial charge is 0.211 e. The Bertz CT molecular complexity index is 440. The molecule has 15 heavy (non-hydrogen) atoms. The van der Waals surface area contributed by atoms with Gasteiger partial charge in [-0.2, -0.15) is 0 Å². The maximum absolute atomic E-state index is 13.3. The van der Waals surface area contributed by atoms with Crippen molar-refractivity contribution >= 4 is 12.0 Å². The Labute approximate surface area is 85.6 Å². The van der Waals surface area contributed by atoms with E-state index in [2.05, 4.69) is 5.32 Å². The van der Waals surface area contributed by atoms with Crippen LogP contribution in [-0.4, -0.2) is 6.41 Å². The summed E-state index contributed by atoms with van der Waals surface area (Å²) in [5.74, 6) is -1.18. The van der Waals surface area contributed by atoms with Gasteiger partial charge in [-0.05, 0) is 30.5 Å². The fraction of sp³-hybridized carbons (Fsp3) is 0.182. The van der Waals surface area contributed by atoms with E-state index in [4.69, 9.17) is 0 Å². The zero-order chi connectivity index (χ0) is 10.8. The first-order valence-electron chi connectivity index (χ1n) is 4.60. The summed E-state index contributed by atoms with van der Waals surface area (Å²) in [5, 5.41) is 2.51. The van der Waals surface area contributed by atoms with Gasteiger partial charge in [0.2, 0.25) is 6.41 Å². The van der Waals surface area contributed by atoms with E-state index in [-0.39, 0.29) is 0 Å². The van der Waals surface area contributed by atoms with Gasteiger partial charge in [0.25, 0.3) is 0 Å². The van der Waals surface area contributed by atoms with Crippen molar-refractivity contribution in [1.82, 2.24) is 5.32 Å². The van der Waals surface area contributed by atoms with Gasteiger partial charge in [-0.1, -0.05) is 0 Å². The SMILES string of the molecule is O=CNC1=C(c2ccc(F)cc2F)CC1. The summed E-state index contributed by atoms with van der Waals surface area (Å²) in [6, 6.07) is 3.45. The molecule has 0 fully saturated rings. The van der Waals surface area contributed by atoms with E-state index < -0.39 is 11.6 Å². The van der Waals surface area contributed by atoms with Crippen molar-refractivity contribution in [2.75, 3.05) is 0 Å². The zero-order valence-electron chi connectivity index (χ0n) is 7.89. The quantitative estimate of drug-likeness (QED) is 0.760. The van der Waals surface area contributed by atoms with Gasteiger partial charge < -0.3 is 5.32 Å². The summed E-state index contributed by atoms with van der Waals surface area (Å²) >= 11 is 0. The van der Waals surface area contributed by atoms with Gasteiger partial charge in [0.15, 0.2) is 0 Å². The molecule has 0 unspecified atom stereocenters. The summed E-state index contributed by atoms with van der Waals surface area (Å²) in [6.45, 7) is 0. The number of carbonyl (C=O) groups is 1. The summed E-state index contributed by atoms with van der Waals surface area (Å²) in [7, 11) is 0. The summed E-state index contributed by atoms with van der Waals surface area (Å²) in [5.41, 5.74) is 1.84. The van der Waals surface area contributed by atoms with Crippen LogP contribution in [0.3, 0.4) is 0 Å². The van der Waals surface area contributed by atoms with Crippen molar-refractivity contribution in [3.8, 4) is 0 Å². The molecule has 1 aromatic rings. The molecule has 2 nitrogen and oxygen atoms in total. The fourth-order valence-electron chi connectivity index (χ4n) is 1.64. The number of carbonyl (C=O) groups excluding carboxylic acids is 1. The number of benzene rings is 1. The lowest BCUT2D eigenvalue weighted by atomic mass is 9.88. The molecule has 1 N–H and O–H groups in total. The Morgan fingerprint density at radius 3 is 2.60 bits per heavy atom. The molecule has 0 radical (unpaired) electrons. The highest BCUT2D eigenvalue weighted by Crippen LogP contribution is 2.35. The van der Waals surface area contributed by atoms with Crippen LogP contribution >= 0.6 is 0 Å². The molecular weight excluding hydrogens is 200 g/mol. The molecule has 1 aromatic carbocycles. The van der Waals surface area contributed by atoms with Crippen LogP contribution in [0.1, 0.15) is 18.4 Å². The van der Waals surface area contributed by atoms with Crippen LogP contribution in [0.5, 0.6) is 0 Å². The second kappa shape index (κ2) is 3.81. The molecule has 2 rings (SSSR count). The number of rotatable bonds is 3. The molecule has 1 aliphatic carbocycles. The van der Waals surface area contributed by atoms with E-state index in [1.807, 2.05) is 0 Å². The third-order valence-electron chi connectivity index (χ3n) is 2.48. The zero-order valence-corrected chi connectivity index (χ0v) is 7.89. The normalized spacial score (nSPS) is 14.8. The predicted octanol–water partition coefficient (Wildman–Crippen LogP) is 2.22. The van der Waals surface area contributed by atoms with E-state index in [0.29, 0.717) is 18.4 Å². The van der Waals surface area contributed by atoms with Crippen LogP contribution < -0.4 is 5.32 Å². The van der Waals surface area contributed by atoms with Crippen LogP contribution in [0.2, 0.25) is 0 Å². The molecule has 4 heteroatoms. The average molecular weight is 209 g/mol. The number of amides is 1. The number of nitrogens with one attached hydrogen (secondary N) is 1. The van der Waals surface area contributed by atoms with E-state index >= 15 is 0 Å². The number of hydrogen-bond acceptors (Lipinski definition) is 1. The summed E-state index contributed by atoms with van der Waals surface area (Å²) < 4.78 is 26.0. The first-order valence-corrected chi connectivity index (χ1v) is 4.60. The van der Waals surface area contributed by atoms with Gasteiger partial charge in [-0.3, -0.25) is 4.79 Å². The number of allylic oxidation sites excluding steroid dienone is 2. The van der Waals surface area contributed by atoms with Crippen LogP contribution in [0.4, 0.5) is 8.78 Å². The molecule has 1 aliphatic rings. The second-order valence-corrected chi connectivity index (χ2v) is 3.34. The highest BCUT2D eigenvalue weighted by Gasteiger charge is 2.21. The van der Waals surface area contributed by atoms with Crippen molar-refractivity contribution in [2.45, 2.75) is 12.8 Å². The molecular formula is C11H9F2NO. The minimum atomic E-state index is -0.596. The maximum Gasteiger partial charge on any atom is 0.211 e. The third kappa shape index (κ3) is 1.75. The second-order valence-electron chi connectivity index (χ2n) is 3.34. The van der Waals surface area contributed by atoms with Crippen LogP contribution in [0.25, 0.3) is 5.57 Å². The van der Waals surface area contributed by atoms with E-state index in [0.717, 1.165) is 23.8 Å². The highest BCUT2D eigenvalue weighted by atomic mass is 19.1. The van der Waals surface area contributed by atoms with Crippen molar-refractivity contribution in [3.63, 3.8) is 0 Å². The van der Waals surface area contributed by atoms with Crippen molar-refractivity contribution < 1.29 is 13.6 Å². The van der Waals surface area contributed by atoms with Gasteiger partial charge in [-0.15, -0.1) is 0 Å². The molecule has 0 saturated heterocycles. The molecule has 0 aromatic heterocycles. The monoisotopic (exact) mass is 209 g/mol. The molecule has 0 spiro atoms. The van der Waals surface area contributed by atoms with Crippen LogP contribution in [-0.2, 0) is 4.79 Å². The Hall–Kier alpha value is -1.71. The van der Waals surface area contributed by atoms with Gasteiger partial charge in [0, 0.05) is 17.3 Å². The number of hydrogen-bond donors (Lipinski definition) is 1. The van der Waals surface area contributed by atoms with Crippen molar-refractivity contribution in [2.24, 2.45) is 0 Å². The largest absolute Gasteiger partial charge is 0.332 e. The first-order chi connectivity index (χ1) is 7.22. The van der Waals surface area contributed by atoms with E-state index in [1.165, 1.54) is 12.1 Å². The van der Waals surface area contributed by atoms with Crippen LogP contribution in [0, 0.1) is 11.6 Å². The van der Waals surface area contributed by atoms with Gasteiger partial charge in [0.05, 0.1) is 0 Å². The third-order valence-corrected chi connectivity index (χ3v) is 2.48. The van der Waals surface area contributed by atoms with E-state index in [1.54, 1.807) is 0 Å². The maximum atomic E-state index is 13.3. The topological polar surface area (TPSA) is 29.1 Å². The molecule has 0 heterocycles. The lowest BCUT2D eigenvalue weighted by Gasteiger charge is -2.23. The summed E-state index contributed by atoms with van der Waals surface area (Å²) in [6.07, 6.45) is 2.00. The minimum Gasteiger partial charge on any atom is -0.332 e. The van der Waals surface area contributed by atoms with Gasteiger partial charge in [0.1, 0.15) is 11.6 Å². The van der Waals surface area contributed by atoms with Crippen molar-refractivity contribution in [1.29, 1.82) is 0 Å². The molecule has 0 atom stereocenters. The predicted molar refractivity (Wildman–Crippen MR) is 51.7 cm³/mol. The van der Waals surface area contributed by atoms with Crippen LogP contribution in [0.15, 0.2) is 23.9 Å². The fourth-order valence-corrected chi connectivity index (χ4v) is 1.64. The van der Waals surface area contributed by atoms with Gasteiger partial charge in [-0.25, -0.2) is 8.78 Å². The number of halogens is 2. The molecule has 1 amide bonds. The molecule has 78 valence electrons. The Balaban J connectivity index is 2.38. The van der Waals surface area contributed by atoms with Gasteiger partial charge >= 0.3 is 0 Å². The average Bonchev–Trinajstić information content (AvgIpc) is 2.17. The van der Waals surface area contributed by atoms with E-state index in [9.17, 15) is 13.6 Å². The molecule has 0 saturated carbocycles. The molecule has 0 aliphatic heterocycles. The van der Waals surface area contributed by atoms with Crippen molar-refractivity contribution in [3.05, 3.63) is 41.1 Å². The highest BCUT2D eigenvalue weighted by molar-refractivity contribution is 5.76. The lowest BCUT2D eigenvalue weighted by molar-refractivity contribution is -0.109.